The second-order valence-electron chi connectivity index (χ2n) is 6.41. The summed E-state index contributed by atoms with van der Waals surface area (Å²) in [5, 5.41) is 2.09. The molecule has 0 spiro atoms. The van der Waals surface area contributed by atoms with Crippen molar-refractivity contribution in [1.82, 2.24) is 5.32 Å². The minimum Gasteiger partial charge on any atom is -0.478 e. The van der Waals surface area contributed by atoms with Gasteiger partial charge in [0.2, 0.25) is 5.91 Å². The summed E-state index contributed by atoms with van der Waals surface area (Å²) in [6.07, 6.45) is 0.0843. The van der Waals surface area contributed by atoms with Gasteiger partial charge < -0.3 is 10.1 Å². The molecule has 2 aromatic carbocycles. The molecule has 0 unspecified atom stereocenters. The number of carbonyl (C=O) groups is 1. The van der Waals surface area contributed by atoms with Crippen LogP contribution in [-0.4, -0.2) is 32.7 Å². The Morgan fingerprint density at radius 3 is 2.41 bits per heavy atom. The fourth-order valence-electron chi connectivity index (χ4n) is 2.28. The van der Waals surface area contributed by atoms with Crippen molar-refractivity contribution >= 4 is 15.7 Å². The van der Waals surface area contributed by atoms with Gasteiger partial charge >= 0.3 is 0 Å². The first-order valence-electron chi connectivity index (χ1n) is 8.83. The summed E-state index contributed by atoms with van der Waals surface area (Å²) in [4.78, 5) is 12.1. The van der Waals surface area contributed by atoms with Crippen molar-refractivity contribution in [3.8, 4) is 17.6 Å². The highest BCUT2D eigenvalue weighted by Crippen LogP contribution is 2.17. The molecule has 0 heterocycles. The number of benzene rings is 2. The number of rotatable bonds is 7. The molecule has 0 aromatic heterocycles. The van der Waals surface area contributed by atoms with Gasteiger partial charge in [-0.15, -0.1) is 0 Å². The van der Waals surface area contributed by atoms with Gasteiger partial charge in [0.1, 0.15) is 12.4 Å². The first-order valence-corrected chi connectivity index (χ1v) is 10.4. The molecule has 8 heteroatoms. The Kier molecular flexibility index (Phi) is 7.74. The second-order valence-corrected chi connectivity index (χ2v) is 8.91. The van der Waals surface area contributed by atoms with E-state index in [1.807, 2.05) is 0 Å². The molecule has 2 rings (SSSR count). The number of sulfone groups is 1. The number of hydrogen-bond donors (Lipinski definition) is 1. The first kappa shape index (κ1) is 22.4. The SMILES string of the molecule is CC(C)S(=O)(=O)c1ccc(CC(=O)NCC#CCOc2ccc(F)cc2F)cc1. The first-order chi connectivity index (χ1) is 13.7. The highest BCUT2D eigenvalue weighted by Gasteiger charge is 2.18. The Hall–Kier alpha value is -2.92. The zero-order valence-electron chi connectivity index (χ0n) is 16.0. The summed E-state index contributed by atoms with van der Waals surface area (Å²) in [5.41, 5.74) is 0.674. The standard InChI is InChI=1S/C21H21F2NO4S/c1-15(2)29(26,27)18-8-5-16(6-9-18)13-21(25)24-11-3-4-12-28-20-10-7-17(22)14-19(20)23/h5-10,14-15H,11-13H2,1-2H3,(H,24,25). The van der Waals surface area contributed by atoms with Crippen molar-refractivity contribution in [3.63, 3.8) is 0 Å². The van der Waals surface area contributed by atoms with E-state index in [4.69, 9.17) is 4.74 Å². The molecule has 0 aliphatic rings. The Morgan fingerprint density at radius 1 is 1.10 bits per heavy atom. The molecule has 29 heavy (non-hydrogen) atoms. The van der Waals surface area contributed by atoms with Crippen LogP contribution >= 0.6 is 0 Å². The molecular weight excluding hydrogens is 400 g/mol. The molecule has 5 nitrogen and oxygen atoms in total. The van der Waals surface area contributed by atoms with Gasteiger partial charge in [0.15, 0.2) is 21.4 Å². The van der Waals surface area contributed by atoms with Crippen LogP contribution in [0.5, 0.6) is 5.75 Å². The van der Waals surface area contributed by atoms with Gasteiger partial charge in [0, 0.05) is 6.07 Å². The fraction of sp³-hybridized carbons (Fsp3) is 0.286. The zero-order chi connectivity index (χ0) is 21.4. The van der Waals surface area contributed by atoms with Crippen LogP contribution in [0.3, 0.4) is 0 Å². The minimum absolute atomic E-state index is 0.0773. The molecule has 0 aliphatic heterocycles. The number of carbonyl (C=O) groups excluding carboxylic acids is 1. The summed E-state index contributed by atoms with van der Waals surface area (Å²) in [6, 6.07) is 9.15. The third-order valence-corrected chi connectivity index (χ3v) is 6.10. The number of amides is 1. The number of ether oxygens (including phenoxy) is 1. The summed E-state index contributed by atoms with van der Waals surface area (Å²) in [5.74, 6) is 3.39. The third kappa shape index (κ3) is 6.57. The largest absolute Gasteiger partial charge is 0.478 e. The zero-order valence-corrected chi connectivity index (χ0v) is 16.9. The highest BCUT2D eigenvalue weighted by molar-refractivity contribution is 7.92. The van der Waals surface area contributed by atoms with E-state index in [2.05, 4.69) is 17.2 Å². The Morgan fingerprint density at radius 2 is 1.79 bits per heavy atom. The van der Waals surface area contributed by atoms with Crippen molar-refractivity contribution in [2.75, 3.05) is 13.2 Å². The monoisotopic (exact) mass is 421 g/mol. The summed E-state index contributed by atoms with van der Waals surface area (Å²) < 4.78 is 55.4. The topological polar surface area (TPSA) is 72.5 Å². The lowest BCUT2D eigenvalue weighted by atomic mass is 10.1. The van der Waals surface area contributed by atoms with Gasteiger partial charge in [-0.2, -0.15) is 0 Å². The molecule has 0 aliphatic carbocycles. The molecule has 0 atom stereocenters. The molecule has 1 N–H and O–H groups in total. The van der Waals surface area contributed by atoms with E-state index in [-0.39, 0.29) is 36.1 Å². The van der Waals surface area contributed by atoms with Crippen LogP contribution in [0.4, 0.5) is 8.78 Å². The summed E-state index contributed by atoms with van der Waals surface area (Å²) >= 11 is 0. The van der Waals surface area contributed by atoms with Crippen molar-refractivity contribution < 1.29 is 26.7 Å². The van der Waals surface area contributed by atoms with E-state index in [0.29, 0.717) is 11.6 Å². The normalized spacial score (nSPS) is 10.9. The van der Waals surface area contributed by atoms with E-state index >= 15 is 0 Å². The van der Waals surface area contributed by atoms with Crippen LogP contribution in [0, 0.1) is 23.5 Å². The Balaban J connectivity index is 1.77. The van der Waals surface area contributed by atoms with E-state index in [9.17, 15) is 22.0 Å². The molecule has 0 saturated carbocycles. The van der Waals surface area contributed by atoms with Crippen LogP contribution < -0.4 is 10.1 Å². The maximum Gasteiger partial charge on any atom is 0.225 e. The summed E-state index contributed by atoms with van der Waals surface area (Å²) in [6.45, 7) is 3.19. The predicted molar refractivity (Wildman–Crippen MR) is 105 cm³/mol. The third-order valence-electron chi connectivity index (χ3n) is 3.93. The van der Waals surface area contributed by atoms with Crippen molar-refractivity contribution in [1.29, 1.82) is 0 Å². The average Bonchev–Trinajstić information content (AvgIpc) is 2.66. The van der Waals surface area contributed by atoms with Crippen LogP contribution in [0.1, 0.15) is 19.4 Å². The molecule has 0 saturated heterocycles. The lowest BCUT2D eigenvalue weighted by Gasteiger charge is -2.08. The van der Waals surface area contributed by atoms with Crippen molar-refractivity contribution in [3.05, 3.63) is 59.7 Å². The Labute approximate surface area is 169 Å². The van der Waals surface area contributed by atoms with Crippen molar-refractivity contribution in [2.24, 2.45) is 0 Å². The molecular formula is C21H21F2NO4S. The molecule has 2 aromatic rings. The summed E-state index contributed by atoms with van der Waals surface area (Å²) in [7, 11) is -3.34. The Bertz CT molecular complexity index is 1020. The smallest absolute Gasteiger partial charge is 0.225 e. The molecule has 0 radical (unpaired) electrons. The lowest BCUT2D eigenvalue weighted by molar-refractivity contribution is -0.120. The fourth-order valence-corrected chi connectivity index (χ4v) is 3.34. The minimum atomic E-state index is -3.34. The maximum atomic E-state index is 13.4. The van der Waals surface area contributed by atoms with Gasteiger partial charge in [-0.3, -0.25) is 4.79 Å². The van der Waals surface area contributed by atoms with Crippen LogP contribution in [0.15, 0.2) is 47.4 Å². The van der Waals surface area contributed by atoms with Gasteiger partial charge in [-0.05, 0) is 43.7 Å². The number of halogens is 2. The highest BCUT2D eigenvalue weighted by atomic mass is 32.2. The predicted octanol–water partition coefficient (Wildman–Crippen LogP) is 2.89. The molecule has 154 valence electrons. The second kappa shape index (κ2) is 10.0. The van der Waals surface area contributed by atoms with Gasteiger partial charge in [-0.1, -0.05) is 24.0 Å². The quantitative estimate of drug-likeness (QED) is 0.698. The van der Waals surface area contributed by atoms with E-state index in [0.717, 1.165) is 6.07 Å². The van der Waals surface area contributed by atoms with Gasteiger partial charge in [0.25, 0.3) is 0 Å². The molecule has 1 amide bonds. The lowest BCUT2D eigenvalue weighted by Crippen LogP contribution is -2.25. The van der Waals surface area contributed by atoms with Crippen LogP contribution in [0.2, 0.25) is 0 Å². The van der Waals surface area contributed by atoms with Gasteiger partial charge in [0.05, 0.1) is 23.1 Å². The molecule has 0 fully saturated rings. The van der Waals surface area contributed by atoms with Crippen molar-refractivity contribution in [2.45, 2.75) is 30.4 Å². The number of nitrogens with one attached hydrogen (secondary N) is 1. The number of hydrogen-bond acceptors (Lipinski definition) is 4. The molecule has 0 bridgehead atoms. The van der Waals surface area contributed by atoms with E-state index in [1.54, 1.807) is 26.0 Å². The average molecular weight is 421 g/mol. The van der Waals surface area contributed by atoms with Crippen LogP contribution in [0.25, 0.3) is 0 Å². The van der Waals surface area contributed by atoms with Crippen LogP contribution in [-0.2, 0) is 21.1 Å². The maximum absolute atomic E-state index is 13.4. The van der Waals surface area contributed by atoms with Gasteiger partial charge in [-0.25, -0.2) is 17.2 Å². The van der Waals surface area contributed by atoms with E-state index < -0.39 is 26.7 Å². The van der Waals surface area contributed by atoms with E-state index in [1.165, 1.54) is 18.2 Å².